The summed E-state index contributed by atoms with van der Waals surface area (Å²) in [7, 11) is 0. The summed E-state index contributed by atoms with van der Waals surface area (Å²) in [6.45, 7) is -0.455. The first-order valence-corrected chi connectivity index (χ1v) is 10.0. The van der Waals surface area contributed by atoms with E-state index in [1.807, 2.05) is 0 Å². The maximum Gasteiger partial charge on any atom is 0.506 e. The Labute approximate surface area is 186 Å². The highest BCUT2D eigenvalue weighted by Gasteiger charge is 2.54. The molecule has 2 aliphatic rings. The zero-order valence-corrected chi connectivity index (χ0v) is 17.0. The molecular formula is C24H16F2N3O4+. The quantitative estimate of drug-likeness (QED) is 0.621. The van der Waals surface area contributed by atoms with E-state index in [1.54, 1.807) is 24.3 Å². The number of rotatable bonds is 4. The number of hydrogen-bond acceptors (Lipinski definition) is 4. The number of amides is 4. The zero-order valence-electron chi connectivity index (χ0n) is 17.0. The highest BCUT2D eigenvalue weighted by molar-refractivity contribution is 6.29. The minimum absolute atomic E-state index is 0.139. The standard InChI is InChI=1S/C24H15F2N3O4/c25-14-8-10-17(11-9-14)29-23(31)22-21(18-6-1-2-7-19(18)33-22)28(24(29)32)13-20(30)27-16-5-3-4-15(26)12-16/h1-12,22H,13H2/p+1. The van der Waals surface area contributed by atoms with Crippen molar-refractivity contribution in [3.63, 3.8) is 0 Å². The number of benzene rings is 3. The van der Waals surface area contributed by atoms with E-state index in [0.29, 0.717) is 11.3 Å². The molecule has 1 unspecified atom stereocenters. The van der Waals surface area contributed by atoms with E-state index in [4.69, 9.17) is 4.74 Å². The summed E-state index contributed by atoms with van der Waals surface area (Å²) in [6.07, 6.45) is -1.16. The number of imide groups is 1. The van der Waals surface area contributed by atoms with Crippen LogP contribution in [0.25, 0.3) is 0 Å². The second-order valence-corrected chi connectivity index (χ2v) is 7.46. The van der Waals surface area contributed by atoms with E-state index in [2.05, 4.69) is 5.32 Å². The number of para-hydroxylation sites is 1. The van der Waals surface area contributed by atoms with Crippen molar-refractivity contribution in [2.45, 2.75) is 6.10 Å². The van der Waals surface area contributed by atoms with Gasteiger partial charge < -0.3 is 10.1 Å². The summed E-state index contributed by atoms with van der Waals surface area (Å²) in [6, 6.07) is 16.2. The Bertz CT molecular complexity index is 1340. The van der Waals surface area contributed by atoms with Gasteiger partial charge >= 0.3 is 11.9 Å². The normalized spacial score (nSPS) is 16.9. The highest BCUT2D eigenvalue weighted by Crippen LogP contribution is 2.33. The van der Waals surface area contributed by atoms with Crippen LogP contribution in [-0.4, -0.2) is 40.8 Å². The van der Waals surface area contributed by atoms with E-state index in [-0.39, 0.29) is 17.1 Å². The second kappa shape index (κ2) is 7.94. The number of anilines is 2. The lowest BCUT2D eigenvalue weighted by atomic mass is 10.0. The highest BCUT2D eigenvalue weighted by atomic mass is 19.1. The fourth-order valence-electron chi connectivity index (χ4n) is 3.89. The number of hydrogen-bond donors (Lipinski definition) is 1. The van der Waals surface area contributed by atoms with Crippen LogP contribution < -0.4 is 15.0 Å². The molecule has 5 rings (SSSR count). The van der Waals surface area contributed by atoms with E-state index in [1.165, 1.54) is 30.3 Å². The third kappa shape index (κ3) is 3.63. The number of carbonyl (C=O) groups is 3. The molecule has 0 saturated heterocycles. The molecule has 0 spiro atoms. The van der Waals surface area contributed by atoms with Crippen LogP contribution >= 0.6 is 0 Å². The van der Waals surface area contributed by atoms with Gasteiger partial charge in [0.2, 0.25) is 0 Å². The third-order valence-corrected chi connectivity index (χ3v) is 5.31. The fourth-order valence-corrected chi connectivity index (χ4v) is 3.89. The van der Waals surface area contributed by atoms with Gasteiger partial charge in [-0.1, -0.05) is 18.2 Å². The molecule has 0 fully saturated rings. The molecule has 2 heterocycles. The van der Waals surface area contributed by atoms with Crippen LogP contribution in [0.2, 0.25) is 0 Å². The molecule has 7 nitrogen and oxygen atoms in total. The van der Waals surface area contributed by atoms with Crippen molar-refractivity contribution in [3.05, 3.63) is 90.0 Å². The lowest BCUT2D eigenvalue weighted by molar-refractivity contribution is -0.416. The lowest BCUT2D eigenvalue weighted by Gasteiger charge is -2.23. The molecule has 33 heavy (non-hydrogen) atoms. The van der Waals surface area contributed by atoms with Crippen molar-refractivity contribution in [2.24, 2.45) is 0 Å². The lowest BCUT2D eigenvalue weighted by Crippen LogP contribution is -2.59. The average Bonchev–Trinajstić information content (AvgIpc) is 3.18. The summed E-state index contributed by atoms with van der Waals surface area (Å²) in [5, 5.41) is 2.55. The van der Waals surface area contributed by atoms with Gasteiger partial charge in [0.1, 0.15) is 23.1 Å². The molecule has 3 aromatic rings. The minimum Gasteiger partial charge on any atom is -0.469 e. The first-order chi connectivity index (χ1) is 15.9. The molecule has 0 bridgehead atoms. The van der Waals surface area contributed by atoms with Gasteiger partial charge in [0.15, 0.2) is 12.3 Å². The molecule has 2 aliphatic heterocycles. The topological polar surface area (TPSA) is 78.7 Å². The van der Waals surface area contributed by atoms with Crippen molar-refractivity contribution < 1.29 is 32.5 Å². The number of ether oxygens (including phenoxy) is 1. The summed E-state index contributed by atoms with van der Waals surface area (Å²) in [4.78, 5) is 40.3. The molecule has 3 aromatic carbocycles. The molecule has 164 valence electrons. The van der Waals surface area contributed by atoms with Gasteiger partial charge in [0.05, 0.1) is 5.56 Å². The van der Waals surface area contributed by atoms with Crippen molar-refractivity contribution in [3.8, 4) is 5.75 Å². The van der Waals surface area contributed by atoms with Crippen LogP contribution in [0.15, 0.2) is 72.8 Å². The smallest absolute Gasteiger partial charge is 0.469 e. The zero-order chi connectivity index (χ0) is 23.1. The maximum atomic E-state index is 13.5. The molecule has 0 aromatic heterocycles. The number of nitrogens with one attached hydrogen (secondary N) is 1. The van der Waals surface area contributed by atoms with Gasteiger partial charge in [0.25, 0.3) is 12.0 Å². The molecule has 0 saturated carbocycles. The average molecular weight is 448 g/mol. The SMILES string of the molecule is O=C(C[N+]1=C2c3ccccc3OC2C(=O)N(c2ccc(F)cc2)C1=O)Nc1cccc(F)c1. The van der Waals surface area contributed by atoms with E-state index in [0.717, 1.165) is 27.7 Å². The number of fused-ring (bicyclic) bond motifs is 3. The Balaban J connectivity index is 1.56. The Hall–Kier alpha value is -4.40. The van der Waals surface area contributed by atoms with E-state index < -0.39 is 42.1 Å². The Morgan fingerprint density at radius 1 is 0.970 bits per heavy atom. The van der Waals surface area contributed by atoms with Crippen LogP contribution in [0.3, 0.4) is 0 Å². The fraction of sp³-hybridized carbons (Fsp3) is 0.0833. The summed E-state index contributed by atoms with van der Waals surface area (Å²) < 4.78 is 33.9. The van der Waals surface area contributed by atoms with Crippen LogP contribution in [0.1, 0.15) is 5.56 Å². The van der Waals surface area contributed by atoms with Gasteiger partial charge in [-0.05, 0) is 54.6 Å². The molecular weight excluding hydrogens is 432 g/mol. The molecule has 1 atom stereocenters. The number of nitrogens with zero attached hydrogens (tertiary/aromatic N) is 2. The van der Waals surface area contributed by atoms with Crippen LogP contribution in [0.5, 0.6) is 5.75 Å². The van der Waals surface area contributed by atoms with Gasteiger partial charge in [-0.25, -0.2) is 13.6 Å². The van der Waals surface area contributed by atoms with Crippen molar-refractivity contribution >= 4 is 34.9 Å². The van der Waals surface area contributed by atoms with Gasteiger partial charge in [-0.3, -0.25) is 4.79 Å². The number of urea groups is 1. The molecule has 9 heteroatoms. The third-order valence-electron chi connectivity index (χ3n) is 5.31. The van der Waals surface area contributed by atoms with E-state index >= 15 is 0 Å². The van der Waals surface area contributed by atoms with Gasteiger partial charge in [-0.2, -0.15) is 9.37 Å². The van der Waals surface area contributed by atoms with Crippen molar-refractivity contribution in [1.82, 2.24) is 0 Å². The number of halogens is 2. The first kappa shape index (κ1) is 20.5. The van der Waals surface area contributed by atoms with Crippen LogP contribution in [0, 0.1) is 11.6 Å². The summed E-state index contributed by atoms with van der Waals surface area (Å²) in [5.41, 5.74) is 1.12. The predicted octanol–water partition coefficient (Wildman–Crippen LogP) is 3.33. The minimum atomic E-state index is -1.16. The Kier molecular flexibility index (Phi) is 4.93. The van der Waals surface area contributed by atoms with Gasteiger partial charge in [0, 0.05) is 5.69 Å². The van der Waals surface area contributed by atoms with E-state index in [9.17, 15) is 23.2 Å². The van der Waals surface area contributed by atoms with Gasteiger partial charge in [-0.15, -0.1) is 4.90 Å². The molecule has 0 radical (unpaired) electrons. The molecule has 0 aliphatic carbocycles. The largest absolute Gasteiger partial charge is 0.506 e. The summed E-state index contributed by atoms with van der Waals surface area (Å²) >= 11 is 0. The maximum absolute atomic E-state index is 13.5. The summed E-state index contributed by atoms with van der Waals surface area (Å²) in [5.74, 6) is -1.91. The predicted molar refractivity (Wildman–Crippen MR) is 114 cm³/mol. The second-order valence-electron chi connectivity index (χ2n) is 7.46. The monoisotopic (exact) mass is 448 g/mol. The Morgan fingerprint density at radius 3 is 2.48 bits per heavy atom. The first-order valence-electron chi connectivity index (χ1n) is 10.0. The number of carbonyl (C=O) groups excluding carboxylic acids is 3. The molecule has 4 amide bonds. The van der Waals surface area contributed by atoms with Crippen molar-refractivity contribution in [1.29, 1.82) is 0 Å². The Morgan fingerprint density at radius 2 is 1.73 bits per heavy atom. The van der Waals surface area contributed by atoms with Crippen LogP contribution in [0.4, 0.5) is 25.0 Å². The van der Waals surface area contributed by atoms with Crippen molar-refractivity contribution in [2.75, 3.05) is 16.8 Å². The molecule has 1 N–H and O–H groups in total. The van der Waals surface area contributed by atoms with Crippen LogP contribution in [-0.2, 0) is 9.59 Å².